The molecule has 1 aromatic carbocycles. The molecule has 0 heterocycles. The van der Waals surface area contributed by atoms with Crippen LogP contribution in [0.4, 0.5) is 10.5 Å². The van der Waals surface area contributed by atoms with Crippen molar-refractivity contribution in [3.63, 3.8) is 0 Å². The Morgan fingerprint density at radius 3 is 2.59 bits per heavy atom. The molecule has 0 aliphatic heterocycles. The van der Waals surface area contributed by atoms with Crippen LogP contribution < -0.4 is 16.0 Å². The van der Waals surface area contributed by atoms with Gasteiger partial charge in [0.1, 0.15) is 0 Å². The third-order valence-corrected chi connectivity index (χ3v) is 4.63. The minimum absolute atomic E-state index is 0.0208. The number of nitrogens with zero attached hydrogens (tertiary/aromatic N) is 1. The van der Waals surface area contributed by atoms with E-state index in [9.17, 15) is 14.4 Å². The Bertz CT molecular complexity index is 673. The molecule has 148 valence electrons. The lowest BCUT2D eigenvalue weighted by Crippen LogP contribution is -2.55. The summed E-state index contributed by atoms with van der Waals surface area (Å²) in [6.45, 7) is 5.21. The molecule has 0 saturated heterocycles. The molecule has 1 fully saturated rings. The molecule has 1 saturated carbocycles. The highest BCUT2D eigenvalue weighted by Crippen LogP contribution is 2.25. The summed E-state index contributed by atoms with van der Waals surface area (Å²) in [5.74, 6) is -1.00. The molecule has 0 spiro atoms. The fraction of sp³-hybridized carbons (Fsp3) is 0.526. The minimum atomic E-state index is -0.839. The van der Waals surface area contributed by atoms with Crippen molar-refractivity contribution in [2.24, 2.45) is 0 Å². The highest BCUT2D eigenvalue weighted by molar-refractivity contribution is 5.96. The number of nitrogens with one attached hydrogen (secondary N) is 3. The van der Waals surface area contributed by atoms with Crippen LogP contribution in [0.2, 0.25) is 0 Å². The maximum absolute atomic E-state index is 12.2. The van der Waals surface area contributed by atoms with Gasteiger partial charge < -0.3 is 21.1 Å². The smallest absolute Gasteiger partial charge is 0.319 e. The molecule has 0 unspecified atom stereocenters. The number of carbonyl (C=O) groups excluding carboxylic acids is 2. The summed E-state index contributed by atoms with van der Waals surface area (Å²) in [5, 5.41) is 17.3. The number of carbonyl (C=O) groups is 3. The van der Waals surface area contributed by atoms with Crippen molar-refractivity contribution in [1.82, 2.24) is 15.5 Å². The van der Waals surface area contributed by atoms with Crippen LogP contribution in [0.1, 0.15) is 43.5 Å². The molecule has 1 aliphatic carbocycles. The van der Waals surface area contributed by atoms with E-state index >= 15 is 0 Å². The van der Waals surface area contributed by atoms with Crippen LogP contribution in [-0.4, -0.2) is 59.6 Å². The van der Waals surface area contributed by atoms with Crippen LogP contribution in [-0.2, 0) is 4.79 Å². The van der Waals surface area contributed by atoms with Crippen LogP contribution >= 0.6 is 0 Å². The number of hydrogen-bond acceptors (Lipinski definition) is 4. The highest BCUT2D eigenvalue weighted by Gasteiger charge is 2.34. The number of aliphatic carboxylic acids is 1. The lowest BCUT2D eigenvalue weighted by atomic mass is 9.85. The molecule has 3 amide bonds. The van der Waals surface area contributed by atoms with Gasteiger partial charge >= 0.3 is 12.0 Å². The molecule has 0 atom stereocenters. The zero-order valence-corrected chi connectivity index (χ0v) is 15.8. The predicted molar refractivity (Wildman–Crippen MR) is 103 cm³/mol. The monoisotopic (exact) mass is 376 g/mol. The summed E-state index contributed by atoms with van der Waals surface area (Å²) in [5.41, 5.74) is 1.05. The number of rotatable bonds is 9. The van der Waals surface area contributed by atoms with Gasteiger partial charge in [0.25, 0.3) is 5.91 Å². The second-order valence-corrected chi connectivity index (χ2v) is 6.71. The summed E-state index contributed by atoms with van der Waals surface area (Å²) in [6.07, 6.45) is 2.32. The third kappa shape index (κ3) is 6.25. The summed E-state index contributed by atoms with van der Waals surface area (Å²) < 4.78 is 0. The molecular weight excluding hydrogens is 348 g/mol. The lowest BCUT2D eigenvalue weighted by Gasteiger charge is -2.42. The van der Waals surface area contributed by atoms with Gasteiger partial charge in [-0.15, -0.1) is 0 Å². The molecule has 1 aliphatic rings. The van der Waals surface area contributed by atoms with Crippen molar-refractivity contribution in [3.05, 3.63) is 29.8 Å². The fourth-order valence-corrected chi connectivity index (χ4v) is 3.11. The number of carboxylic acid groups (broad SMARTS) is 1. The first-order valence-corrected chi connectivity index (χ1v) is 9.34. The second-order valence-electron chi connectivity index (χ2n) is 6.71. The Labute approximate surface area is 159 Å². The van der Waals surface area contributed by atoms with Gasteiger partial charge in [-0.2, -0.15) is 0 Å². The SMILES string of the molecule is CCCNC(=O)c1cccc(NC(=O)NC2CC(N(CC)CC(=O)O)C2)c1. The second kappa shape index (κ2) is 9.91. The van der Waals surface area contributed by atoms with Crippen molar-refractivity contribution in [2.75, 3.05) is 25.0 Å². The number of carboxylic acids is 1. The van der Waals surface area contributed by atoms with E-state index in [1.54, 1.807) is 24.3 Å². The van der Waals surface area contributed by atoms with Gasteiger partial charge in [-0.05, 0) is 44.0 Å². The highest BCUT2D eigenvalue weighted by atomic mass is 16.4. The van der Waals surface area contributed by atoms with Crippen molar-refractivity contribution < 1.29 is 19.5 Å². The zero-order chi connectivity index (χ0) is 19.8. The largest absolute Gasteiger partial charge is 0.480 e. The number of likely N-dealkylation sites (N-methyl/N-ethyl adjacent to an activating group) is 1. The van der Waals surface area contributed by atoms with Crippen LogP contribution in [0.3, 0.4) is 0 Å². The van der Waals surface area contributed by atoms with Gasteiger partial charge in [-0.25, -0.2) is 4.79 Å². The molecule has 0 aromatic heterocycles. The molecule has 1 aromatic rings. The van der Waals surface area contributed by atoms with E-state index in [0.717, 1.165) is 19.3 Å². The molecule has 0 bridgehead atoms. The summed E-state index contributed by atoms with van der Waals surface area (Å²) in [6, 6.07) is 6.67. The average Bonchev–Trinajstić information content (AvgIpc) is 2.60. The molecule has 0 radical (unpaired) electrons. The van der Waals surface area contributed by atoms with E-state index in [1.165, 1.54) is 0 Å². The van der Waals surface area contributed by atoms with Gasteiger partial charge in [-0.1, -0.05) is 19.9 Å². The van der Waals surface area contributed by atoms with Gasteiger partial charge in [0.05, 0.1) is 6.54 Å². The normalized spacial score (nSPS) is 18.5. The first-order valence-electron chi connectivity index (χ1n) is 9.34. The van der Waals surface area contributed by atoms with E-state index in [4.69, 9.17) is 5.11 Å². The number of amides is 3. The average molecular weight is 376 g/mol. The predicted octanol–water partition coefficient (Wildman–Crippen LogP) is 1.89. The Balaban J connectivity index is 1.80. The van der Waals surface area contributed by atoms with Crippen LogP contribution in [0.5, 0.6) is 0 Å². The standard InChI is InChI=1S/C19H28N4O4/c1-3-8-20-18(26)13-6-5-7-14(9-13)21-19(27)22-15-10-16(11-15)23(4-2)12-17(24)25/h5-7,9,15-16H,3-4,8,10-12H2,1-2H3,(H,20,26)(H,24,25)(H2,21,22,27). The Hall–Kier alpha value is -2.61. The van der Waals surface area contributed by atoms with Gasteiger partial charge in [0.15, 0.2) is 0 Å². The Kier molecular flexibility index (Phi) is 7.60. The summed E-state index contributed by atoms with van der Waals surface area (Å²) >= 11 is 0. The van der Waals surface area contributed by atoms with Crippen molar-refractivity contribution in [3.8, 4) is 0 Å². The Morgan fingerprint density at radius 1 is 1.22 bits per heavy atom. The maximum atomic E-state index is 12.2. The Morgan fingerprint density at radius 2 is 1.96 bits per heavy atom. The third-order valence-electron chi connectivity index (χ3n) is 4.63. The van der Waals surface area contributed by atoms with E-state index in [2.05, 4.69) is 16.0 Å². The number of hydrogen-bond donors (Lipinski definition) is 4. The lowest BCUT2D eigenvalue weighted by molar-refractivity contribution is -0.139. The van der Waals surface area contributed by atoms with Gasteiger partial charge in [0.2, 0.25) is 0 Å². The van der Waals surface area contributed by atoms with E-state index in [-0.39, 0.29) is 30.6 Å². The van der Waals surface area contributed by atoms with Crippen LogP contribution in [0.15, 0.2) is 24.3 Å². The molecule has 2 rings (SSSR count). The van der Waals surface area contributed by atoms with Crippen molar-refractivity contribution in [2.45, 2.75) is 45.2 Å². The molecule has 4 N–H and O–H groups in total. The summed E-state index contributed by atoms with van der Waals surface area (Å²) in [7, 11) is 0. The number of anilines is 1. The summed E-state index contributed by atoms with van der Waals surface area (Å²) in [4.78, 5) is 36.9. The van der Waals surface area contributed by atoms with E-state index in [1.807, 2.05) is 18.7 Å². The molecular formula is C19H28N4O4. The van der Waals surface area contributed by atoms with Crippen LogP contribution in [0.25, 0.3) is 0 Å². The topological polar surface area (TPSA) is 111 Å². The quantitative estimate of drug-likeness (QED) is 0.526. The molecule has 8 heteroatoms. The van der Waals surface area contributed by atoms with E-state index in [0.29, 0.717) is 24.3 Å². The number of benzene rings is 1. The van der Waals surface area contributed by atoms with Crippen molar-refractivity contribution in [1.29, 1.82) is 0 Å². The minimum Gasteiger partial charge on any atom is -0.480 e. The van der Waals surface area contributed by atoms with Gasteiger partial charge in [-0.3, -0.25) is 14.5 Å². The zero-order valence-electron chi connectivity index (χ0n) is 15.8. The molecule has 8 nitrogen and oxygen atoms in total. The first kappa shape index (κ1) is 20.7. The van der Waals surface area contributed by atoms with Crippen molar-refractivity contribution >= 4 is 23.6 Å². The van der Waals surface area contributed by atoms with Gasteiger partial charge in [0, 0.05) is 29.9 Å². The van der Waals surface area contributed by atoms with E-state index < -0.39 is 5.97 Å². The van der Waals surface area contributed by atoms with Crippen LogP contribution in [0, 0.1) is 0 Å². The fourth-order valence-electron chi connectivity index (χ4n) is 3.11. The first-order chi connectivity index (χ1) is 12.9. The molecule has 27 heavy (non-hydrogen) atoms. The maximum Gasteiger partial charge on any atom is 0.319 e. The number of urea groups is 1.